The quantitative estimate of drug-likeness (QED) is 0.389. The molecule has 0 aliphatic rings. The lowest BCUT2D eigenvalue weighted by molar-refractivity contribution is -0.274. The molecule has 0 radical (unpaired) electrons. The molecule has 0 aliphatic heterocycles. The molecule has 0 spiro atoms. The van der Waals surface area contributed by atoms with Crippen molar-refractivity contribution in [2.45, 2.75) is 58.9 Å². The predicted octanol–water partition coefficient (Wildman–Crippen LogP) is 7.29. The number of nitrogens with one attached hydrogen (secondary N) is 2. The zero-order valence-electron chi connectivity index (χ0n) is 19.4. The number of halogens is 3. The highest BCUT2D eigenvalue weighted by atomic mass is 19.4. The Kier molecular flexibility index (Phi) is 7.15. The number of nitrogens with zero attached hydrogens (tertiary/aromatic N) is 2. The van der Waals surface area contributed by atoms with Crippen molar-refractivity contribution in [3.8, 4) is 17.0 Å². The summed E-state index contributed by atoms with van der Waals surface area (Å²) in [7, 11) is 0. The Labute approximate surface area is 192 Å². The van der Waals surface area contributed by atoms with Crippen LogP contribution in [0.3, 0.4) is 0 Å². The lowest BCUT2D eigenvalue weighted by atomic mass is 9.87. The molecule has 33 heavy (non-hydrogen) atoms. The van der Waals surface area contributed by atoms with E-state index in [2.05, 4.69) is 58.2 Å². The molecule has 3 aromatic rings. The van der Waals surface area contributed by atoms with Gasteiger partial charge >= 0.3 is 6.36 Å². The van der Waals surface area contributed by atoms with Crippen LogP contribution in [-0.4, -0.2) is 22.4 Å². The van der Waals surface area contributed by atoms with Crippen LogP contribution in [-0.2, 0) is 5.41 Å². The molecule has 2 N–H and O–H groups in total. The van der Waals surface area contributed by atoms with Gasteiger partial charge in [-0.3, -0.25) is 0 Å². The zero-order valence-corrected chi connectivity index (χ0v) is 19.4. The van der Waals surface area contributed by atoms with E-state index in [0.29, 0.717) is 23.0 Å². The average Bonchev–Trinajstić information content (AvgIpc) is 2.72. The smallest absolute Gasteiger partial charge is 0.406 e. The fraction of sp³-hybridized carbons (Fsp3) is 0.360. The molecule has 176 valence electrons. The summed E-state index contributed by atoms with van der Waals surface area (Å²) < 4.78 is 42.1. The monoisotopic (exact) mass is 458 g/mol. The first kappa shape index (κ1) is 24.4. The lowest BCUT2D eigenvalue weighted by Gasteiger charge is -2.19. The highest BCUT2D eigenvalue weighted by molar-refractivity contribution is 5.68. The van der Waals surface area contributed by atoms with Crippen molar-refractivity contribution in [1.29, 1.82) is 0 Å². The number of anilines is 3. The summed E-state index contributed by atoms with van der Waals surface area (Å²) in [6, 6.07) is 15.6. The van der Waals surface area contributed by atoms with E-state index in [0.717, 1.165) is 12.1 Å². The average molecular weight is 459 g/mol. The van der Waals surface area contributed by atoms with E-state index in [4.69, 9.17) is 0 Å². The van der Waals surface area contributed by atoms with Crippen molar-refractivity contribution in [3.05, 3.63) is 60.2 Å². The van der Waals surface area contributed by atoms with Crippen LogP contribution >= 0.6 is 0 Å². The number of benzene rings is 2. The molecule has 0 aliphatic carbocycles. The van der Waals surface area contributed by atoms with Crippen LogP contribution < -0.4 is 15.4 Å². The van der Waals surface area contributed by atoms with E-state index in [-0.39, 0.29) is 17.2 Å². The van der Waals surface area contributed by atoms with E-state index >= 15 is 0 Å². The van der Waals surface area contributed by atoms with Crippen molar-refractivity contribution in [2.75, 3.05) is 10.6 Å². The van der Waals surface area contributed by atoms with Crippen molar-refractivity contribution in [3.63, 3.8) is 0 Å². The molecule has 5 nitrogen and oxygen atoms in total. The van der Waals surface area contributed by atoms with Gasteiger partial charge in [-0.1, -0.05) is 52.0 Å². The van der Waals surface area contributed by atoms with Crippen LogP contribution in [0, 0.1) is 0 Å². The number of alkyl halides is 3. The minimum atomic E-state index is -4.76. The Balaban J connectivity index is 1.95. The van der Waals surface area contributed by atoms with Gasteiger partial charge in [0.25, 0.3) is 0 Å². The first-order chi connectivity index (χ1) is 15.4. The van der Waals surface area contributed by atoms with E-state index in [9.17, 15) is 13.2 Å². The molecule has 1 atom stereocenters. The topological polar surface area (TPSA) is 59.1 Å². The van der Waals surface area contributed by atoms with Crippen LogP contribution in [0.1, 0.15) is 46.6 Å². The Morgan fingerprint density at radius 1 is 0.970 bits per heavy atom. The fourth-order valence-corrected chi connectivity index (χ4v) is 3.10. The Morgan fingerprint density at radius 3 is 2.27 bits per heavy atom. The van der Waals surface area contributed by atoms with Crippen LogP contribution in [0.5, 0.6) is 5.75 Å². The third-order valence-electron chi connectivity index (χ3n) is 5.10. The molecular weight excluding hydrogens is 429 g/mol. The van der Waals surface area contributed by atoms with E-state index in [1.807, 2.05) is 26.0 Å². The van der Waals surface area contributed by atoms with Gasteiger partial charge in [0.05, 0.1) is 5.69 Å². The van der Waals surface area contributed by atoms with Gasteiger partial charge in [0.1, 0.15) is 11.6 Å². The molecule has 0 saturated carbocycles. The summed E-state index contributed by atoms with van der Waals surface area (Å²) in [4.78, 5) is 9.07. The van der Waals surface area contributed by atoms with Crippen molar-refractivity contribution in [1.82, 2.24) is 9.97 Å². The highest BCUT2D eigenvalue weighted by Crippen LogP contribution is 2.30. The molecule has 0 amide bonds. The lowest BCUT2D eigenvalue weighted by Crippen LogP contribution is -2.17. The second kappa shape index (κ2) is 9.68. The highest BCUT2D eigenvalue weighted by Gasteiger charge is 2.31. The van der Waals surface area contributed by atoms with Crippen LogP contribution in [0.15, 0.2) is 54.6 Å². The minimum Gasteiger partial charge on any atom is -0.406 e. The number of rotatable bonds is 7. The van der Waals surface area contributed by atoms with Gasteiger partial charge in [-0.2, -0.15) is 4.98 Å². The maximum atomic E-state index is 12.7. The van der Waals surface area contributed by atoms with E-state index in [1.165, 1.54) is 23.8 Å². The van der Waals surface area contributed by atoms with Gasteiger partial charge in [0.2, 0.25) is 5.95 Å². The molecular formula is C25H29F3N4O. The molecule has 2 aromatic carbocycles. The van der Waals surface area contributed by atoms with Crippen LogP contribution in [0.25, 0.3) is 11.3 Å². The second-order valence-corrected chi connectivity index (χ2v) is 8.94. The molecule has 0 saturated heterocycles. The summed E-state index contributed by atoms with van der Waals surface area (Å²) in [5.74, 6) is 0.608. The fourth-order valence-electron chi connectivity index (χ4n) is 3.10. The third kappa shape index (κ3) is 7.10. The maximum absolute atomic E-state index is 12.7. The number of aromatic nitrogens is 2. The second-order valence-electron chi connectivity index (χ2n) is 8.94. The summed E-state index contributed by atoms with van der Waals surface area (Å²) in [5.41, 5.74) is 3.04. The van der Waals surface area contributed by atoms with Gasteiger partial charge in [0, 0.05) is 23.4 Å². The number of hydrogen-bond donors (Lipinski definition) is 2. The van der Waals surface area contributed by atoms with Gasteiger partial charge < -0.3 is 15.4 Å². The van der Waals surface area contributed by atoms with Crippen molar-refractivity contribution >= 4 is 17.5 Å². The Bertz CT molecular complexity index is 1080. The molecule has 0 bridgehead atoms. The van der Waals surface area contributed by atoms with Gasteiger partial charge in [-0.05, 0) is 48.6 Å². The van der Waals surface area contributed by atoms with Crippen molar-refractivity contribution < 1.29 is 17.9 Å². The first-order valence-electron chi connectivity index (χ1n) is 10.8. The molecule has 8 heteroatoms. The number of ether oxygens (including phenoxy) is 1. The summed E-state index contributed by atoms with van der Waals surface area (Å²) in [5, 5.41) is 6.51. The summed E-state index contributed by atoms with van der Waals surface area (Å²) in [6.45, 7) is 10.5. The molecule has 0 unspecified atom stereocenters. The minimum absolute atomic E-state index is 0.0392. The normalized spacial score (nSPS) is 12.8. The van der Waals surface area contributed by atoms with Gasteiger partial charge in [-0.15, -0.1) is 13.2 Å². The predicted molar refractivity (Wildman–Crippen MR) is 126 cm³/mol. The first-order valence-corrected chi connectivity index (χ1v) is 10.8. The largest absolute Gasteiger partial charge is 0.573 e. The van der Waals surface area contributed by atoms with Crippen LogP contribution in [0.4, 0.5) is 30.6 Å². The Hall–Kier alpha value is -3.29. The van der Waals surface area contributed by atoms with E-state index in [1.54, 1.807) is 12.1 Å². The summed E-state index contributed by atoms with van der Waals surface area (Å²) in [6.07, 6.45) is -3.90. The molecule has 3 rings (SSSR count). The van der Waals surface area contributed by atoms with E-state index < -0.39 is 6.36 Å². The molecule has 1 heterocycles. The van der Waals surface area contributed by atoms with Gasteiger partial charge in [-0.25, -0.2) is 4.98 Å². The molecule has 0 fully saturated rings. The SMILES string of the molecule is CC[C@@H](C)Nc1nc(Nc2ccc(C(C)(C)C)cc2)cc(-c2cccc(OC(F)(F)F)c2)n1. The van der Waals surface area contributed by atoms with Crippen molar-refractivity contribution in [2.24, 2.45) is 0 Å². The third-order valence-corrected chi connectivity index (χ3v) is 5.10. The number of hydrogen-bond acceptors (Lipinski definition) is 5. The zero-order chi connectivity index (χ0) is 24.2. The summed E-state index contributed by atoms with van der Waals surface area (Å²) >= 11 is 0. The Morgan fingerprint density at radius 2 is 1.67 bits per heavy atom. The maximum Gasteiger partial charge on any atom is 0.573 e. The molecule has 1 aromatic heterocycles. The van der Waals surface area contributed by atoms with Crippen LogP contribution in [0.2, 0.25) is 0 Å². The van der Waals surface area contributed by atoms with Gasteiger partial charge in [0.15, 0.2) is 0 Å². The standard InChI is InChI=1S/C25H29F3N4O/c1-6-16(2)29-23-31-21(17-8-7-9-20(14-17)33-25(26,27)28)15-22(32-23)30-19-12-10-18(11-13-19)24(3,4)5/h7-16H,6H2,1-5H3,(H2,29,30,31,32)/t16-/m1/s1.